The smallest absolute Gasteiger partial charge is 0.241 e. The third-order valence-corrected chi connectivity index (χ3v) is 3.41. The highest BCUT2D eigenvalue weighted by Gasteiger charge is 2.29. The van der Waals surface area contributed by atoms with Crippen LogP contribution in [0.25, 0.3) is 0 Å². The van der Waals surface area contributed by atoms with Gasteiger partial charge in [-0.25, -0.2) is 0 Å². The lowest BCUT2D eigenvalue weighted by Crippen LogP contribution is -2.41. The quantitative estimate of drug-likeness (QED) is 0.824. The number of rotatable bonds is 3. The van der Waals surface area contributed by atoms with Gasteiger partial charge in [0.25, 0.3) is 0 Å². The van der Waals surface area contributed by atoms with E-state index in [4.69, 9.17) is 5.73 Å². The Labute approximate surface area is 112 Å². The third-order valence-electron chi connectivity index (χ3n) is 3.41. The van der Waals surface area contributed by atoms with Crippen molar-refractivity contribution in [3.05, 3.63) is 35.4 Å². The van der Waals surface area contributed by atoms with Gasteiger partial charge in [-0.15, -0.1) is 0 Å². The van der Waals surface area contributed by atoms with Crippen LogP contribution in [0.3, 0.4) is 0 Å². The molecule has 1 aliphatic heterocycles. The number of amides is 2. The molecule has 0 radical (unpaired) electrons. The summed E-state index contributed by atoms with van der Waals surface area (Å²) in [6.07, 6.45) is 0.350. The van der Waals surface area contributed by atoms with Gasteiger partial charge in [-0.05, 0) is 12.5 Å². The monoisotopic (exact) mass is 261 g/mol. The van der Waals surface area contributed by atoms with E-state index in [-0.39, 0.29) is 17.9 Å². The van der Waals surface area contributed by atoms with Crippen LogP contribution in [0.2, 0.25) is 0 Å². The Balaban J connectivity index is 1.96. The van der Waals surface area contributed by atoms with Gasteiger partial charge in [-0.3, -0.25) is 9.59 Å². The molecule has 102 valence electrons. The Morgan fingerprint density at radius 1 is 1.42 bits per heavy atom. The summed E-state index contributed by atoms with van der Waals surface area (Å²) in [6, 6.07) is 6.73. The van der Waals surface area contributed by atoms with E-state index in [1.165, 1.54) is 0 Å². The summed E-state index contributed by atoms with van der Waals surface area (Å²) in [5.41, 5.74) is 7.83. The average molecular weight is 261 g/mol. The van der Waals surface area contributed by atoms with Crippen molar-refractivity contribution in [1.82, 2.24) is 10.2 Å². The van der Waals surface area contributed by atoms with Crippen molar-refractivity contribution in [2.45, 2.75) is 25.4 Å². The van der Waals surface area contributed by atoms with E-state index in [1.807, 2.05) is 31.2 Å². The topological polar surface area (TPSA) is 75.4 Å². The molecule has 2 amide bonds. The number of hydrogen-bond donors (Lipinski definition) is 2. The molecule has 2 rings (SSSR count). The summed E-state index contributed by atoms with van der Waals surface area (Å²) in [5, 5.41) is 2.83. The molecule has 5 heteroatoms. The SMILES string of the molecule is Cc1ccc(C(N)C(=O)NC2CC(=O)N(C)C2)cc1. The van der Waals surface area contributed by atoms with Gasteiger partial charge in [0.15, 0.2) is 0 Å². The second-order valence-electron chi connectivity index (χ2n) is 5.07. The molecule has 5 nitrogen and oxygen atoms in total. The molecule has 2 atom stereocenters. The van der Waals surface area contributed by atoms with Crippen molar-refractivity contribution in [2.24, 2.45) is 5.73 Å². The van der Waals surface area contributed by atoms with Gasteiger partial charge in [0, 0.05) is 20.0 Å². The van der Waals surface area contributed by atoms with Crippen molar-refractivity contribution in [1.29, 1.82) is 0 Å². The zero-order chi connectivity index (χ0) is 14.0. The summed E-state index contributed by atoms with van der Waals surface area (Å²) >= 11 is 0. The predicted molar refractivity (Wildman–Crippen MR) is 72.3 cm³/mol. The second-order valence-corrected chi connectivity index (χ2v) is 5.07. The molecule has 1 aromatic rings. The molecule has 1 saturated heterocycles. The van der Waals surface area contributed by atoms with Crippen molar-refractivity contribution in [3.63, 3.8) is 0 Å². The highest BCUT2D eigenvalue weighted by atomic mass is 16.2. The molecule has 1 heterocycles. The van der Waals surface area contributed by atoms with Crippen LogP contribution in [0, 0.1) is 6.92 Å². The van der Waals surface area contributed by atoms with Crippen LogP contribution in [0.5, 0.6) is 0 Å². The fourth-order valence-corrected chi connectivity index (χ4v) is 2.18. The van der Waals surface area contributed by atoms with Gasteiger partial charge in [0.05, 0.1) is 6.04 Å². The largest absolute Gasteiger partial charge is 0.349 e. The number of likely N-dealkylation sites (tertiary alicyclic amines) is 1. The number of nitrogens with two attached hydrogens (primary N) is 1. The highest BCUT2D eigenvalue weighted by Crippen LogP contribution is 2.14. The van der Waals surface area contributed by atoms with Gasteiger partial charge in [-0.1, -0.05) is 29.8 Å². The Morgan fingerprint density at radius 3 is 2.58 bits per heavy atom. The first-order chi connectivity index (χ1) is 8.97. The first kappa shape index (κ1) is 13.5. The van der Waals surface area contributed by atoms with Gasteiger partial charge < -0.3 is 16.0 Å². The van der Waals surface area contributed by atoms with E-state index in [0.717, 1.165) is 11.1 Å². The number of hydrogen-bond acceptors (Lipinski definition) is 3. The van der Waals surface area contributed by atoms with Crippen molar-refractivity contribution in [3.8, 4) is 0 Å². The third kappa shape index (κ3) is 3.12. The van der Waals surface area contributed by atoms with Gasteiger partial charge >= 0.3 is 0 Å². The summed E-state index contributed by atoms with van der Waals surface area (Å²) in [4.78, 5) is 25.0. The van der Waals surface area contributed by atoms with Crippen LogP contribution >= 0.6 is 0 Å². The number of likely N-dealkylation sites (N-methyl/N-ethyl adjacent to an activating group) is 1. The van der Waals surface area contributed by atoms with Gasteiger partial charge in [-0.2, -0.15) is 0 Å². The van der Waals surface area contributed by atoms with Crippen LogP contribution in [-0.4, -0.2) is 36.3 Å². The van der Waals surface area contributed by atoms with E-state index < -0.39 is 6.04 Å². The van der Waals surface area contributed by atoms with Crippen molar-refractivity contribution < 1.29 is 9.59 Å². The zero-order valence-electron chi connectivity index (χ0n) is 11.2. The number of nitrogens with one attached hydrogen (secondary N) is 1. The minimum Gasteiger partial charge on any atom is -0.349 e. The molecule has 1 aromatic carbocycles. The summed E-state index contributed by atoms with van der Waals surface area (Å²) in [7, 11) is 1.73. The molecule has 0 bridgehead atoms. The lowest BCUT2D eigenvalue weighted by Gasteiger charge is -2.17. The average Bonchev–Trinajstić information content (AvgIpc) is 2.68. The maximum atomic E-state index is 12.0. The molecule has 1 fully saturated rings. The van der Waals surface area contributed by atoms with Crippen molar-refractivity contribution in [2.75, 3.05) is 13.6 Å². The number of benzene rings is 1. The van der Waals surface area contributed by atoms with Gasteiger partial charge in [0.1, 0.15) is 6.04 Å². The molecule has 0 aliphatic carbocycles. The molecule has 0 aromatic heterocycles. The van der Waals surface area contributed by atoms with Crippen molar-refractivity contribution >= 4 is 11.8 Å². The molecule has 0 saturated carbocycles. The fraction of sp³-hybridized carbons (Fsp3) is 0.429. The molecule has 1 aliphatic rings. The first-order valence-corrected chi connectivity index (χ1v) is 6.34. The van der Waals surface area contributed by atoms with E-state index in [1.54, 1.807) is 11.9 Å². The normalized spacial score (nSPS) is 20.5. The van der Waals surface area contributed by atoms with Crippen LogP contribution in [0.1, 0.15) is 23.6 Å². The molecular weight excluding hydrogens is 242 g/mol. The van der Waals surface area contributed by atoms with Gasteiger partial charge in [0.2, 0.25) is 11.8 Å². The predicted octanol–water partition coefficient (Wildman–Crippen LogP) is 0.342. The maximum absolute atomic E-state index is 12.0. The zero-order valence-corrected chi connectivity index (χ0v) is 11.2. The summed E-state index contributed by atoms with van der Waals surface area (Å²) < 4.78 is 0. The Kier molecular flexibility index (Phi) is 3.85. The Bertz CT molecular complexity index is 484. The van der Waals surface area contributed by atoms with Crippen LogP contribution in [-0.2, 0) is 9.59 Å². The van der Waals surface area contributed by atoms with E-state index in [9.17, 15) is 9.59 Å². The number of carbonyl (C=O) groups excluding carboxylic acids is 2. The van der Waals surface area contributed by atoms with Crippen LogP contribution < -0.4 is 11.1 Å². The molecule has 2 unspecified atom stereocenters. The molecule has 19 heavy (non-hydrogen) atoms. The number of carbonyl (C=O) groups is 2. The number of aryl methyl sites for hydroxylation is 1. The van der Waals surface area contributed by atoms with E-state index in [0.29, 0.717) is 13.0 Å². The lowest BCUT2D eigenvalue weighted by molar-refractivity contribution is -0.126. The van der Waals surface area contributed by atoms with Crippen LogP contribution in [0.15, 0.2) is 24.3 Å². The maximum Gasteiger partial charge on any atom is 0.241 e. The first-order valence-electron chi connectivity index (χ1n) is 6.34. The molecular formula is C14H19N3O2. The Morgan fingerprint density at radius 2 is 2.05 bits per heavy atom. The summed E-state index contributed by atoms with van der Waals surface area (Å²) in [5.74, 6) is -0.189. The molecule has 3 N–H and O–H groups in total. The Hall–Kier alpha value is -1.88. The minimum atomic E-state index is -0.693. The van der Waals surface area contributed by atoms with Crippen LogP contribution in [0.4, 0.5) is 0 Å². The fourth-order valence-electron chi connectivity index (χ4n) is 2.18. The second kappa shape index (κ2) is 5.40. The lowest BCUT2D eigenvalue weighted by atomic mass is 10.0. The van der Waals surface area contributed by atoms with E-state index in [2.05, 4.69) is 5.32 Å². The molecule has 0 spiro atoms. The highest BCUT2D eigenvalue weighted by molar-refractivity contribution is 5.85. The summed E-state index contributed by atoms with van der Waals surface area (Å²) in [6.45, 7) is 2.53. The minimum absolute atomic E-state index is 0.0502. The standard InChI is InChI=1S/C14H19N3O2/c1-9-3-5-10(6-4-9)13(15)14(19)16-11-7-12(18)17(2)8-11/h3-6,11,13H,7-8,15H2,1-2H3,(H,16,19). The number of nitrogens with zero attached hydrogens (tertiary/aromatic N) is 1. The van der Waals surface area contributed by atoms with E-state index >= 15 is 0 Å².